The van der Waals surface area contributed by atoms with Crippen LogP contribution < -0.4 is 10.9 Å². The molecule has 0 spiro atoms. The molecule has 0 amide bonds. The number of fused-ring (bicyclic) bond motifs is 1. The monoisotopic (exact) mass is 299 g/mol. The Bertz CT molecular complexity index is 686. The van der Waals surface area contributed by atoms with Crippen LogP contribution in [0.4, 0.5) is 0 Å². The highest BCUT2D eigenvalue weighted by molar-refractivity contribution is 5.77. The van der Waals surface area contributed by atoms with Crippen molar-refractivity contribution in [3.63, 3.8) is 0 Å². The van der Waals surface area contributed by atoms with E-state index >= 15 is 0 Å². The first-order chi connectivity index (χ1) is 10.7. The summed E-state index contributed by atoms with van der Waals surface area (Å²) in [5.41, 5.74) is 1.50. The van der Waals surface area contributed by atoms with Crippen LogP contribution in [-0.2, 0) is 6.54 Å². The number of hydrogen-bond acceptors (Lipinski definition) is 3. The fraction of sp³-hybridized carbons (Fsp3) is 0.556. The molecule has 1 aliphatic rings. The third-order valence-corrected chi connectivity index (χ3v) is 5.30. The van der Waals surface area contributed by atoms with E-state index < -0.39 is 0 Å². The van der Waals surface area contributed by atoms with Crippen LogP contribution in [0.5, 0.6) is 0 Å². The van der Waals surface area contributed by atoms with E-state index in [9.17, 15) is 4.79 Å². The van der Waals surface area contributed by atoms with Crippen molar-refractivity contribution in [1.82, 2.24) is 14.9 Å². The van der Waals surface area contributed by atoms with Crippen molar-refractivity contribution in [1.29, 1.82) is 0 Å². The van der Waals surface area contributed by atoms with Gasteiger partial charge in [0.05, 0.1) is 11.7 Å². The van der Waals surface area contributed by atoms with Crippen molar-refractivity contribution < 1.29 is 0 Å². The van der Waals surface area contributed by atoms with Gasteiger partial charge in [-0.25, -0.2) is 0 Å². The second-order valence-corrected chi connectivity index (χ2v) is 6.46. The van der Waals surface area contributed by atoms with E-state index in [4.69, 9.17) is 0 Å². The summed E-state index contributed by atoms with van der Waals surface area (Å²) in [7, 11) is 0. The Morgan fingerprint density at radius 3 is 2.86 bits per heavy atom. The summed E-state index contributed by atoms with van der Waals surface area (Å²) in [4.78, 5) is 16.4. The van der Waals surface area contributed by atoms with Gasteiger partial charge in [-0.05, 0) is 56.3 Å². The highest BCUT2D eigenvalue weighted by Crippen LogP contribution is 2.37. The van der Waals surface area contributed by atoms with Crippen molar-refractivity contribution in [2.24, 2.45) is 5.41 Å². The predicted octanol–water partition coefficient (Wildman–Crippen LogP) is 2.96. The van der Waals surface area contributed by atoms with Gasteiger partial charge in [-0.1, -0.05) is 13.3 Å². The van der Waals surface area contributed by atoms with E-state index in [-0.39, 0.29) is 5.56 Å². The van der Waals surface area contributed by atoms with Crippen LogP contribution in [0.1, 0.15) is 39.0 Å². The zero-order chi connectivity index (χ0) is 15.4. The number of piperidine rings is 1. The molecular weight excluding hydrogens is 274 g/mol. The zero-order valence-electron chi connectivity index (χ0n) is 13.3. The average molecular weight is 299 g/mol. The zero-order valence-corrected chi connectivity index (χ0v) is 13.3. The molecule has 22 heavy (non-hydrogen) atoms. The summed E-state index contributed by atoms with van der Waals surface area (Å²) in [6.07, 6.45) is 9.59. The largest absolute Gasteiger partial charge is 0.317 e. The molecule has 3 rings (SSSR count). The standard InChI is InChI=1S/C18H25N3O/c1-2-18(8-11-19-12-9-18)7-3-13-21-16-14-20-10-6-15(16)4-5-17(21)22/h4-6,10,14,19H,2-3,7-9,11-13H2,1H3. The minimum absolute atomic E-state index is 0.0800. The molecule has 4 nitrogen and oxygen atoms in total. The summed E-state index contributed by atoms with van der Waals surface area (Å²) in [5.74, 6) is 0. The number of aromatic nitrogens is 2. The van der Waals surface area contributed by atoms with Gasteiger partial charge in [0, 0.05) is 24.2 Å². The van der Waals surface area contributed by atoms with E-state index in [0.29, 0.717) is 5.41 Å². The minimum Gasteiger partial charge on any atom is -0.317 e. The molecule has 2 aromatic heterocycles. The fourth-order valence-corrected chi connectivity index (χ4v) is 3.71. The van der Waals surface area contributed by atoms with Gasteiger partial charge in [0.15, 0.2) is 0 Å². The molecule has 0 saturated carbocycles. The van der Waals surface area contributed by atoms with Crippen LogP contribution in [0.3, 0.4) is 0 Å². The summed E-state index contributed by atoms with van der Waals surface area (Å²) in [6.45, 7) is 5.36. The first-order valence-electron chi connectivity index (χ1n) is 8.38. The maximum atomic E-state index is 12.2. The molecule has 0 unspecified atom stereocenters. The van der Waals surface area contributed by atoms with Gasteiger partial charge in [-0.3, -0.25) is 9.78 Å². The summed E-state index contributed by atoms with van der Waals surface area (Å²) >= 11 is 0. The Balaban J connectivity index is 1.74. The minimum atomic E-state index is 0.0800. The molecule has 0 atom stereocenters. The molecule has 4 heteroatoms. The first-order valence-corrected chi connectivity index (χ1v) is 8.38. The molecule has 1 saturated heterocycles. The number of pyridine rings is 2. The van der Waals surface area contributed by atoms with E-state index in [1.165, 1.54) is 25.7 Å². The van der Waals surface area contributed by atoms with Gasteiger partial charge in [0.2, 0.25) is 0 Å². The summed E-state index contributed by atoms with van der Waals surface area (Å²) < 4.78 is 1.88. The van der Waals surface area contributed by atoms with Crippen molar-refractivity contribution in [3.05, 3.63) is 40.9 Å². The maximum Gasteiger partial charge on any atom is 0.251 e. The quantitative estimate of drug-likeness (QED) is 0.923. The SMILES string of the molecule is CCC1(CCCn2c(=O)ccc3ccncc32)CCNCC1. The smallest absolute Gasteiger partial charge is 0.251 e. The molecular formula is C18H25N3O. The third kappa shape index (κ3) is 3.07. The first kappa shape index (κ1) is 15.2. The van der Waals surface area contributed by atoms with Crippen LogP contribution >= 0.6 is 0 Å². The van der Waals surface area contributed by atoms with E-state index in [0.717, 1.165) is 37.0 Å². The van der Waals surface area contributed by atoms with E-state index in [2.05, 4.69) is 17.2 Å². The third-order valence-electron chi connectivity index (χ3n) is 5.30. The molecule has 0 bridgehead atoms. The predicted molar refractivity (Wildman–Crippen MR) is 90.1 cm³/mol. The van der Waals surface area contributed by atoms with Crippen molar-refractivity contribution in [2.75, 3.05) is 13.1 Å². The lowest BCUT2D eigenvalue weighted by Gasteiger charge is -2.37. The van der Waals surface area contributed by atoms with Crippen LogP contribution in [-0.4, -0.2) is 22.6 Å². The van der Waals surface area contributed by atoms with Gasteiger partial charge in [-0.15, -0.1) is 0 Å². The fourth-order valence-electron chi connectivity index (χ4n) is 3.71. The molecule has 0 aliphatic carbocycles. The molecule has 0 aromatic carbocycles. The van der Waals surface area contributed by atoms with Crippen molar-refractivity contribution in [2.45, 2.75) is 45.6 Å². The van der Waals surface area contributed by atoms with Crippen LogP contribution in [0.25, 0.3) is 10.9 Å². The number of aryl methyl sites for hydroxylation is 1. The Labute approximate surface area is 131 Å². The summed E-state index contributed by atoms with van der Waals surface area (Å²) in [5, 5.41) is 4.54. The Kier molecular flexibility index (Phi) is 4.57. The topological polar surface area (TPSA) is 46.9 Å². The van der Waals surface area contributed by atoms with Crippen molar-refractivity contribution >= 4 is 10.9 Å². The molecule has 118 valence electrons. The number of rotatable bonds is 5. The van der Waals surface area contributed by atoms with E-state index in [1.807, 2.05) is 16.7 Å². The highest BCUT2D eigenvalue weighted by atomic mass is 16.1. The molecule has 1 N–H and O–H groups in total. The molecule has 1 fully saturated rings. The van der Waals surface area contributed by atoms with Crippen molar-refractivity contribution in [3.8, 4) is 0 Å². The van der Waals surface area contributed by atoms with Crippen LogP contribution in [0.15, 0.2) is 35.4 Å². The van der Waals surface area contributed by atoms with Gasteiger partial charge < -0.3 is 9.88 Å². The van der Waals surface area contributed by atoms with Gasteiger partial charge in [0.25, 0.3) is 5.56 Å². The number of nitrogens with one attached hydrogen (secondary N) is 1. The lowest BCUT2D eigenvalue weighted by atomic mass is 9.73. The van der Waals surface area contributed by atoms with Crippen LogP contribution in [0, 0.1) is 5.41 Å². The average Bonchev–Trinajstić information content (AvgIpc) is 2.58. The van der Waals surface area contributed by atoms with E-state index in [1.54, 1.807) is 18.5 Å². The molecule has 2 aromatic rings. The number of nitrogens with zero attached hydrogens (tertiary/aromatic N) is 2. The lowest BCUT2D eigenvalue weighted by Crippen LogP contribution is -2.36. The molecule has 3 heterocycles. The lowest BCUT2D eigenvalue weighted by molar-refractivity contribution is 0.169. The normalized spacial score (nSPS) is 17.7. The highest BCUT2D eigenvalue weighted by Gasteiger charge is 2.29. The Hall–Kier alpha value is -1.68. The Morgan fingerprint density at radius 2 is 2.09 bits per heavy atom. The van der Waals surface area contributed by atoms with Gasteiger partial charge in [-0.2, -0.15) is 0 Å². The van der Waals surface area contributed by atoms with Crippen LogP contribution in [0.2, 0.25) is 0 Å². The number of hydrogen-bond donors (Lipinski definition) is 1. The maximum absolute atomic E-state index is 12.2. The van der Waals surface area contributed by atoms with Gasteiger partial charge in [0.1, 0.15) is 0 Å². The second-order valence-electron chi connectivity index (χ2n) is 6.46. The van der Waals surface area contributed by atoms with Gasteiger partial charge >= 0.3 is 0 Å². The Morgan fingerprint density at radius 1 is 1.27 bits per heavy atom. The molecule has 1 aliphatic heterocycles. The second kappa shape index (κ2) is 6.61. The summed E-state index contributed by atoms with van der Waals surface area (Å²) in [6, 6.07) is 5.52. The molecule has 0 radical (unpaired) electrons.